The van der Waals surface area contributed by atoms with Gasteiger partial charge in [-0.15, -0.1) is 0 Å². The van der Waals surface area contributed by atoms with E-state index in [4.69, 9.17) is 9.26 Å². The molecule has 0 fully saturated rings. The Kier molecular flexibility index (Phi) is 3.50. The van der Waals surface area contributed by atoms with E-state index in [-0.39, 0.29) is 5.91 Å². The third-order valence-corrected chi connectivity index (χ3v) is 2.87. The highest BCUT2D eigenvalue weighted by molar-refractivity contribution is 6.06. The van der Waals surface area contributed by atoms with E-state index in [2.05, 4.69) is 10.1 Å². The van der Waals surface area contributed by atoms with Gasteiger partial charge in [0.25, 0.3) is 5.91 Å². The summed E-state index contributed by atoms with van der Waals surface area (Å²) in [4.78, 5) is 17.9. The van der Waals surface area contributed by atoms with Crippen LogP contribution in [0.1, 0.15) is 21.8 Å². The Balaban J connectivity index is 2.28. The lowest BCUT2D eigenvalue weighted by Gasteiger charge is -2.16. The Hall–Kier alpha value is -2.37. The van der Waals surface area contributed by atoms with Gasteiger partial charge in [0, 0.05) is 13.1 Å². The number of hydrogen-bond donors (Lipinski definition) is 0. The van der Waals surface area contributed by atoms with E-state index in [9.17, 15) is 4.79 Å². The van der Waals surface area contributed by atoms with Gasteiger partial charge in [-0.05, 0) is 19.9 Å². The lowest BCUT2D eigenvalue weighted by molar-refractivity contribution is 0.0991. The Morgan fingerprint density at radius 3 is 2.58 bits per heavy atom. The molecule has 19 heavy (non-hydrogen) atoms. The van der Waals surface area contributed by atoms with Crippen LogP contribution >= 0.6 is 0 Å². The van der Waals surface area contributed by atoms with Gasteiger partial charge in [0.05, 0.1) is 24.7 Å². The number of methoxy groups -OCH3 is 1. The van der Waals surface area contributed by atoms with Gasteiger partial charge in [0.2, 0.25) is 5.88 Å². The fourth-order valence-corrected chi connectivity index (χ4v) is 1.76. The summed E-state index contributed by atoms with van der Waals surface area (Å²) < 4.78 is 9.99. The number of aryl methyl sites for hydroxylation is 2. The third-order valence-electron chi connectivity index (χ3n) is 2.87. The molecule has 6 nitrogen and oxygen atoms in total. The van der Waals surface area contributed by atoms with Crippen molar-refractivity contribution < 1.29 is 14.1 Å². The molecular formula is C13H15N3O3. The largest absolute Gasteiger partial charge is 0.481 e. The molecule has 2 heterocycles. The van der Waals surface area contributed by atoms with Crippen LogP contribution in [0, 0.1) is 13.8 Å². The van der Waals surface area contributed by atoms with Gasteiger partial charge in [0.15, 0.2) is 0 Å². The molecule has 0 atom stereocenters. The zero-order valence-electron chi connectivity index (χ0n) is 11.3. The van der Waals surface area contributed by atoms with Crippen LogP contribution in [0.5, 0.6) is 5.88 Å². The van der Waals surface area contributed by atoms with Gasteiger partial charge in [0.1, 0.15) is 11.3 Å². The summed E-state index contributed by atoms with van der Waals surface area (Å²) in [5.41, 5.74) is 1.74. The summed E-state index contributed by atoms with van der Waals surface area (Å²) in [7, 11) is 3.22. The van der Waals surface area contributed by atoms with Crippen LogP contribution in [-0.2, 0) is 0 Å². The predicted molar refractivity (Wildman–Crippen MR) is 69.5 cm³/mol. The van der Waals surface area contributed by atoms with Crippen molar-refractivity contribution in [1.29, 1.82) is 0 Å². The molecule has 2 aromatic rings. The van der Waals surface area contributed by atoms with E-state index < -0.39 is 0 Å². The molecule has 0 aliphatic heterocycles. The maximum atomic E-state index is 12.4. The minimum absolute atomic E-state index is 0.178. The van der Waals surface area contributed by atoms with Crippen molar-refractivity contribution in [3.05, 3.63) is 35.3 Å². The number of carbonyl (C=O) groups is 1. The van der Waals surface area contributed by atoms with Crippen molar-refractivity contribution in [3.63, 3.8) is 0 Å². The quantitative estimate of drug-likeness (QED) is 0.845. The van der Waals surface area contributed by atoms with E-state index in [1.54, 1.807) is 46.3 Å². The zero-order chi connectivity index (χ0) is 14.0. The molecule has 0 bridgehead atoms. The molecule has 0 saturated heterocycles. The van der Waals surface area contributed by atoms with Crippen molar-refractivity contribution in [2.45, 2.75) is 13.8 Å². The van der Waals surface area contributed by atoms with Crippen molar-refractivity contribution in [1.82, 2.24) is 10.1 Å². The molecule has 0 radical (unpaired) electrons. The van der Waals surface area contributed by atoms with Gasteiger partial charge in [-0.1, -0.05) is 5.16 Å². The Morgan fingerprint density at radius 1 is 1.37 bits per heavy atom. The van der Waals surface area contributed by atoms with Crippen molar-refractivity contribution in [2.75, 3.05) is 19.1 Å². The highest BCUT2D eigenvalue weighted by Gasteiger charge is 2.22. The Bertz CT molecular complexity index is 570. The van der Waals surface area contributed by atoms with Crippen LogP contribution in [0.2, 0.25) is 0 Å². The van der Waals surface area contributed by atoms with Gasteiger partial charge in [-0.3, -0.25) is 4.79 Å². The number of ether oxygens (including phenoxy) is 1. The molecule has 1 amide bonds. The lowest BCUT2D eigenvalue weighted by atomic mass is 10.2. The van der Waals surface area contributed by atoms with Gasteiger partial charge in [-0.2, -0.15) is 0 Å². The standard InChI is InChI=1S/C13H15N3O3/c1-8-12(9(2)19-15-8)13(17)16(3)10-5-6-11(18-4)14-7-10/h5-7H,1-4H3. The first kappa shape index (κ1) is 13.1. The first-order chi connectivity index (χ1) is 9.04. The van der Waals surface area contributed by atoms with Crippen LogP contribution in [0.4, 0.5) is 5.69 Å². The van der Waals surface area contributed by atoms with Crippen LogP contribution in [0.25, 0.3) is 0 Å². The molecular weight excluding hydrogens is 246 g/mol. The zero-order valence-corrected chi connectivity index (χ0v) is 11.3. The summed E-state index contributed by atoms with van der Waals surface area (Å²) in [6, 6.07) is 3.47. The summed E-state index contributed by atoms with van der Waals surface area (Å²) in [5, 5.41) is 3.78. The maximum absolute atomic E-state index is 12.4. The summed E-state index contributed by atoms with van der Waals surface area (Å²) in [5.74, 6) is 0.834. The minimum atomic E-state index is -0.178. The predicted octanol–water partition coefficient (Wildman–Crippen LogP) is 1.97. The van der Waals surface area contributed by atoms with Crippen molar-refractivity contribution in [2.24, 2.45) is 0 Å². The number of hydrogen-bond acceptors (Lipinski definition) is 5. The normalized spacial score (nSPS) is 10.3. The Morgan fingerprint density at radius 2 is 2.11 bits per heavy atom. The van der Waals surface area contributed by atoms with Crippen molar-refractivity contribution in [3.8, 4) is 5.88 Å². The summed E-state index contributed by atoms with van der Waals surface area (Å²) in [6.07, 6.45) is 1.58. The topological polar surface area (TPSA) is 68.5 Å². The molecule has 0 spiro atoms. The average molecular weight is 261 g/mol. The first-order valence-corrected chi connectivity index (χ1v) is 5.75. The van der Waals surface area contributed by atoms with Crippen LogP contribution < -0.4 is 9.64 Å². The number of anilines is 1. The number of carbonyl (C=O) groups excluding carboxylic acids is 1. The van der Waals surface area contributed by atoms with Gasteiger partial charge >= 0.3 is 0 Å². The molecule has 0 saturated carbocycles. The molecule has 0 unspecified atom stereocenters. The first-order valence-electron chi connectivity index (χ1n) is 5.75. The second-order valence-electron chi connectivity index (χ2n) is 4.12. The second-order valence-corrected chi connectivity index (χ2v) is 4.12. The monoisotopic (exact) mass is 261 g/mol. The SMILES string of the molecule is COc1ccc(N(C)C(=O)c2c(C)noc2C)cn1. The molecule has 0 aliphatic rings. The number of pyridine rings is 1. The Labute approximate surface area is 111 Å². The van der Waals surface area contributed by atoms with Gasteiger partial charge < -0.3 is 14.2 Å². The molecule has 2 aromatic heterocycles. The third kappa shape index (κ3) is 2.42. The maximum Gasteiger partial charge on any atom is 0.263 e. The molecule has 0 aromatic carbocycles. The number of nitrogens with zero attached hydrogens (tertiary/aromatic N) is 3. The molecule has 6 heteroatoms. The summed E-state index contributed by atoms with van der Waals surface area (Å²) in [6.45, 7) is 3.46. The van der Waals surface area contributed by atoms with Crippen LogP contribution in [-0.4, -0.2) is 30.2 Å². The number of rotatable bonds is 3. The van der Waals surface area contributed by atoms with Crippen LogP contribution in [0.3, 0.4) is 0 Å². The second kappa shape index (κ2) is 5.09. The fraction of sp³-hybridized carbons (Fsp3) is 0.308. The minimum Gasteiger partial charge on any atom is -0.481 e. The molecule has 0 aliphatic carbocycles. The highest BCUT2D eigenvalue weighted by atomic mass is 16.5. The van der Waals surface area contributed by atoms with E-state index in [0.717, 1.165) is 0 Å². The van der Waals surface area contributed by atoms with Crippen LogP contribution in [0.15, 0.2) is 22.9 Å². The van der Waals surface area contributed by atoms with Gasteiger partial charge in [-0.25, -0.2) is 4.98 Å². The van der Waals surface area contributed by atoms with E-state index in [0.29, 0.717) is 28.6 Å². The summed E-state index contributed by atoms with van der Waals surface area (Å²) >= 11 is 0. The van der Waals surface area contributed by atoms with Crippen molar-refractivity contribution >= 4 is 11.6 Å². The smallest absolute Gasteiger partial charge is 0.263 e. The fourth-order valence-electron chi connectivity index (χ4n) is 1.76. The molecule has 2 rings (SSSR count). The van der Waals surface area contributed by atoms with E-state index in [1.807, 2.05) is 0 Å². The number of amides is 1. The highest BCUT2D eigenvalue weighted by Crippen LogP contribution is 2.20. The van der Waals surface area contributed by atoms with E-state index >= 15 is 0 Å². The molecule has 0 N–H and O–H groups in total. The van der Waals surface area contributed by atoms with E-state index in [1.165, 1.54) is 4.90 Å². The number of aromatic nitrogens is 2. The lowest BCUT2D eigenvalue weighted by Crippen LogP contribution is -2.27. The average Bonchev–Trinajstić information content (AvgIpc) is 2.77. The molecule has 100 valence electrons.